The minimum Gasteiger partial charge on any atom is -0.354 e. The molecule has 1 atom stereocenters. The Morgan fingerprint density at radius 1 is 1.41 bits per heavy atom. The van der Waals surface area contributed by atoms with Crippen LogP contribution in [0.4, 0.5) is 0 Å². The van der Waals surface area contributed by atoms with E-state index < -0.39 is 10.0 Å². The van der Waals surface area contributed by atoms with E-state index in [1.807, 2.05) is 6.92 Å². The number of aliphatic imine (C=N–C) groups is 1. The summed E-state index contributed by atoms with van der Waals surface area (Å²) in [7, 11) is -3.56. The summed E-state index contributed by atoms with van der Waals surface area (Å²) < 4.78 is 26.0. The molecular formula is C13H19ClN4O3S. The summed E-state index contributed by atoms with van der Waals surface area (Å²) in [4.78, 5) is 15.8. The summed E-state index contributed by atoms with van der Waals surface area (Å²) in [5, 5.41) is 2.68. The monoisotopic (exact) mass is 346 g/mol. The highest BCUT2D eigenvalue weighted by Gasteiger charge is 2.30. The van der Waals surface area contributed by atoms with E-state index >= 15 is 0 Å². The number of amidine groups is 1. The SMILES string of the molecule is CC(N)CCNC(=O)CN=C1NS(=O)(=O)c2ccccc21.Cl. The number of nitrogens with two attached hydrogens (primary N) is 1. The number of benzene rings is 1. The fraction of sp³-hybridized carbons (Fsp3) is 0.385. The Bertz CT molecular complexity index is 674. The maximum absolute atomic E-state index is 11.8. The Morgan fingerprint density at radius 3 is 2.77 bits per heavy atom. The van der Waals surface area contributed by atoms with Gasteiger partial charge in [-0.3, -0.25) is 14.5 Å². The third-order valence-corrected chi connectivity index (χ3v) is 4.36. The molecule has 0 radical (unpaired) electrons. The molecule has 1 amide bonds. The van der Waals surface area contributed by atoms with Gasteiger partial charge < -0.3 is 11.1 Å². The van der Waals surface area contributed by atoms with E-state index in [1.54, 1.807) is 18.2 Å². The number of fused-ring (bicyclic) bond motifs is 1. The summed E-state index contributed by atoms with van der Waals surface area (Å²) in [6, 6.07) is 6.54. The molecule has 1 heterocycles. The van der Waals surface area contributed by atoms with Crippen molar-refractivity contribution in [2.45, 2.75) is 24.3 Å². The van der Waals surface area contributed by atoms with Crippen LogP contribution in [-0.2, 0) is 14.8 Å². The van der Waals surface area contributed by atoms with Crippen LogP contribution in [0.3, 0.4) is 0 Å². The predicted octanol–water partition coefficient (Wildman–Crippen LogP) is 0.000400. The number of halogens is 1. The van der Waals surface area contributed by atoms with Gasteiger partial charge in [-0.15, -0.1) is 12.4 Å². The number of hydrogen-bond donors (Lipinski definition) is 3. The molecule has 4 N–H and O–H groups in total. The van der Waals surface area contributed by atoms with Gasteiger partial charge >= 0.3 is 0 Å². The first-order chi connectivity index (χ1) is 9.90. The molecule has 9 heteroatoms. The van der Waals surface area contributed by atoms with Crippen LogP contribution in [0.15, 0.2) is 34.2 Å². The molecule has 1 aromatic rings. The van der Waals surface area contributed by atoms with E-state index in [-0.39, 0.29) is 41.6 Å². The Morgan fingerprint density at radius 2 is 2.09 bits per heavy atom. The zero-order valence-corrected chi connectivity index (χ0v) is 13.7. The van der Waals surface area contributed by atoms with Gasteiger partial charge in [0.15, 0.2) is 0 Å². The first-order valence-corrected chi connectivity index (χ1v) is 8.07. The van der Waals surface area contributed by atoms with Gasteiger partial charge in [-0.2, -0.15) is 0 Å². The zero-order valence-electron chi connectivity index (χ0n) is 12.1. The highest BCUT2D eigenvalue weighted by molar-refractivity contribution is 7.90. The van der Waals surface area contributed by atoms with Crippen LogP contribution in [0.1, 0.15) is 18.9 Å². The van der Waals surface area contributed by atoms with Crippen molar-refractivity contribution >= 4 is 34.2 Å². The molecule has 0 aromatic heterocycles. The summed E-state index contributed by atoms with van der Waals surface area (Å²) in [5.74, 6) is -0.0697. The number of carbonyl (C=O) groups excluding carboxylic acids is 1. The van der Waals surface area contributed by atoms with Gasteiger partial charge in [-0.1, -0.05) is 12.1 Å². The molecule has 1 unspecified atom stereocenters. The lowest BCUT2D eigenvalue weighted by Gasteiger charge is -2.06. The largest absolute Gasteiger partial charge is 0.354 e. The number of nitrogens with zero attached hydrogens (tertiary/aromatic N) is 1. The number of rotatable bonds is 5. The molecule has 7 nitrogen and oxygen atoms in total. The normalized spacial score (nSPS) is 18.0. The molecule has 0 bridgehead atoms. The minimum atomic E-state index is -3.56. The summed E-state index contributed by atoms with van der Waals surface area (Å²) in [6.07, 6.45) is 0.678. The minimum absolute atomic E-state index is 0. The lowest BCUT2D eigenvalue weighted by molar-refractivity contribution is -0.119. The highest BCUT2D eigenvalue weighted by Crippen LogP contribution is 2.21. The Balaban J connectivity index is 0.00000242. The van der Waals surface area contributed by atoms with Crippen molar-refractivity contribution in [2.75, 3.05) is 13.1 Å². The van der Waals surface area contributed by atoms with E-state index in [9.17, 15) is 13.2 Å². The Labute approximate surface area is 135 Å². The van der Waals surface area contributed by atoms with Crippen molar-refractivity contribution in [3.8, 4) is 0 Å². The maximum Gasteiger partial charge on any atom is 0.263 e. The second-order valence-electron chi connectivity index (χ2n) is 4.88. The second-order valence-corrected chi connectivity index (χ2v) is 6.53. The highest BCUT2D eigenvalue weighted by atomic mass is 35.5. The number of carbonyl (C=O) groups is 1. The fourth-order valence-electron chi connectivity index (χ4n) is 1.90. The topological polar surface area (TPSA) is 114 Å². The number of amides is 1. The first kappa shape index (κ1) is 18.4. The maximum atomic E-state index is 11.8. The van der Waals surface area contributed by atoms with Crippen LogP contribution < -0.4 is 15.8 Å². The number of nitrogens with one attached hydrogen (secondary N) is 2. The average Bonchev–Trinajstić information content (AvgIpc) is 2.68. The lowest BCUT2D eigenvalue weighted by atomic mass is 10.2. The van der Waals surface area contributed by atoms with Crippen LogP contribution in [0, 0.1) is 0 Å². The van der Waals surface area contributed by atoms with Crippen LogP contribution in [0.2, 0.25) is 0 Å². The van der Waals surface area contributed by atoms with Crippen molar-refractivity contribution in [1.29, 1.82) is 0 Å². The van der Waals surface area contributed by atoms with Crippen LogP contribution in [-0.4, -0.2) is 39.3 Å². The molecule has 0 aliphatic carbocycles. The van der Waals surface area contributed by atoms with Crippen LogP contribution in [0.25, 0.3) is 0 Å². The van der Waals surface area contributed by atoms with Crippen LogP contribution in [0.5, 0.6) is 0 Å². The third-order valence-electron chi connectivity index (χ3n) is 2.97. The van der Waals surface area contributed by atoms with Gasteiger partial charge in [0.25, 0.3) is 10.0 Å². The lowest BCUT2D eigenvalue weighted by Crippen LogP contribution is -2.31. The van der Waals surface area contributed by atoms with E-state index in [0.717, 1.165) is 0 Å². The molecule has 22 heavy (non-hydrogen) atoms. The van der Waals surface area contributed by atoms with Gasteiger partial charge in [0.2, 0.25) is 5.91 Å². The van der Waals surface area contributed by atoms with Crippen molar-refractivity contribution < 1.29 is 13.2 Å². The van der Waals surface area contributed by atoms with E-state index in [1.165, 1.54) is 6.07 Å². The molecule has 1 aliphatic heterocycles. The van der Waals surface area contributed by atoms with Crippen molar-refractivity contribution in [2.24, 2.45) is 10.7 Å². The summed E-state index contributed by atoms with van der Waals surface area (Å²) >= 11 is 0. The summed E-state index contributed by atoms with van der Waals surface area (Å²) in [6.45, 7) is 2.20. The van der Waals surface area contributed by atoms with Gasteiger partial charge in [0, 0.05) is 18.2 Å². The average molecular weight is 347 g/mol. The fourth-order valence-corrected chi connectivity index (χ4v) is 3.15. The summed E-state index contributed by atoms with van der Waals surface area (Å²) in [5.41, 5.74) is 6.07. The molecule has 1 aliphatic rings. The van der Waals surface area contributed by atoms with Crippen molar-refractivity contribution in [3.63, 3.8) is 0 Å². The Kier molecular flexibility index (Phi) is 6.34. The second kappa shape index (κ2) is 7.57. The third kappa shape index (κ3) is 4.43. The van der Waals surface area contributed by atoms with Crippen molar-refractivity contribution in [1.82, 2.24) is 10.0 Å². The molecule has 0 saturated heterocycles. The van der Waals surface area contributed by atoms with Gasteiger partial charge in [-0.05, 0) is 25.5 Å². The van der Waals surface area contributed by atoms with Gasteiger partial charge in [-0.25, -0.2) is 8.42 Å². The van der Waals surface area contributed by atoms with Gasteiger partial charge in [0.05, 0.1) is 4.90 Å². The van der Waals surface area contributed by atoms with Gasteiger partial charge in [0.1, 0.15) is 12.4 Å². The van der Waals surface area contributed by atoms with E-state index in [4.69, 9.17) is 5.73 Å². The smallest absolute Gasteiger partial charge is 0.263 e. The number of sulfonamides is 1. The molecule has 0 saturated carbocycles. The number of hydrogen-bond acceptors (Lipinski definition) is 5. The molecule has 0 spiro atoms. The first-order valence-electron chi connectivity index (χ1n) is 6.59. The van der Waals surface area contributed by atoms with E-state index in [2.05, 4.69) is 15.0 Å². The molecule has 0 fully saturated rings. The molecular weight excluding hydrogens is 328 g/mol. The van der Waals surface area contributed by atoms with Crippen LogP contribution >= 0.6 is 12.4 Å². The molecule has 1 aromatic carbocycles. The van der Waals surface area contributed by atoms with E-state index in [0.29, 0.717) is 18.5 Å². The quantitative estimate of drug-likeness (QED) is 0.696. The molecule has 122 valence electrons. The predicted molar refractivity (Wildman–Crippen MR) is 86.7 cm³/mol. The zero-order chi connectivity index (χ0) is 15.5. The Hall–Kier alpha value is -1.64. The standard InChI is InChI=1S/C13H18N4O3S.ClH/c1-9(14)6-7-15-12(18)8-16-13-10-4-2-3-5-11(10)21(19,20)17-13;/h2-5,9H,6-8,14H2,1H3,(H,15,18)(H,16,17);1H. The molecule has 2 rings (SSSR count). The van der Waals surface area contributed by atoms with Crippen molar-refractivity contribution in [3.05, 3.63) is 29.8 Å².